The number of carbonyl (C=O) groups excluding carboxylic acids is 2. The van der Waals surface area contributed by atoms with Gasteiger partial charge in [0.25, 0.3) is 5.91 Å². The van der Waals surface area contributed by atoms with E-state index < -0.39 is 5.97 Å². The third-order valence-electron chi connectivity index (χ3n) is 7.25. The van der Waals surface area contributed by atoms with Gasteiger partial charge in [-0.2, -0.15) is 0 Å². The summed E-state index contributed by atoms with van der Waals surface area (Å²) in [4.78, 5) is 24.3. The fourth-order valence-electron chi connectivity index (χ4n) is 6.21. The largest absolute Gasteiger partial charge is 0.497 e. The zero-order valence-corrected chi connectivity index (χ0v) is 17.4. The van der Waals surface area contributed by atoms with E-state index >= 15 is 0 Å². The molecule has 29 heavy (non-hydrogen) atoms. The fourth-order valence-corrected chi connectivity index (χ4v) is 6.21. The second-order valence-corrected chi connectivity index (χ2v) is 9.28. The van der Waals surface area contributed by atoms with Gasteiger partial charge in [0.2, 0.25) is 0 Å². The minimum atomic E-state index is -0.515. The maximum Gasteiger partial charge on any atom is 0.331 e. The topological polar surface area (TPSA) is 64.6 Å². The Bertz CT molecular complexity index is 747. The van der Waals surface area contributed by atoms with Crippen LogP contribution in [0.4, 0.5) is 0 Å². The molecule has 0 unspecified atom stereocenters. The SMILES string of the molecule is COc1ccc(/C=C/C(=O)OCC(=O)N[C@@H](C)C23CC4CC(CC(C4)C2)C3)cc1. The Kier molecular flexibility index (Phi) is 5.66. The fraction of sp³-hybridized carbons (Fsp3) is 0.583. The molecule has 4 aliphatic rings. The lowest BCUT2D eigenvalue weighted by atomic mass is 9.48. The zero-order valence-electron chi connectivity index (χ0n) is 17.4. The Morgan fingerprint density at radius 3 is 2.24 bits per heavy atom. The van der Waals surface area contributed by atoms with Crippen LogP contribution >= 0.6 is 0 Å². The van der Waals surface area contributed by atoms with Gasteiger partial charge in [-0.3, -0.25) is 4.79 Å². The van der Waals surface area contributed by atoms with Gasteiger partial charge in [0.15, 0.2) is 6.61 Å². The smallest absolute Gasteiger partial charge is 0.331 e. The van der Waals surface area contributed by atoms with Crippen LogP contribution in [0.15, 0.2) is 30.3 Å². The monoisotopic (exact) mass is 397 g/mol. The van der Waals surface area contributed by atoms with Crippen LogP contribution in [-0.4, -0.2) is 31.6 Å². The highest BCUT2D eigenvalue weighted by Crippen LogP contribution is 2.61. The van der Waals surface area contributed by atoms with Crippen LogP contribution in [0, 0.1) is 23.2 Å². The van der Waals surface area contributed by atoms with Crippen LogP contribution in [0.1, 0.15) is 51.0 Å². The number of hydrogen-bond donors (Lipinski definition) is 1. The highest BCUT2D eigenvalue weighted by atomic mass is 16.5. The minimum absolute atomic E-state index is 0.136. The van der Waals surface area contributed by atoms with Crippen LogP contribution in [0.3, 0.4) is 0 Å². The van der Waals surface area contributed by atoms with Crippen molar-refractivity contribution >= 4 is 18.0 Å². The highest BCUT2D eigenvalue weighted by molar-refractivity contribution is 5.89. The molecule has 5 rings (SSSR count). The number of methoxy groups -OCH3 is 1. The van der Waals surface area contributed by atoms with E-state index in [0.717, 1.165) is 29.1 Å². The van der Waals surface area contributed by atoms with Crippen molar-refractivity contribution in [1.82, 2.24) is 5.32 Å². The molecular formula is C24H31NO4. The van der Waals surface area contributed by atoms with Crippen LogP contribution in [0.2, 0.25) is 0 Å². The first-order valence-corrected chi connectivity index (χ1v) is 10.7. The average molecular weight is 398 g/mol. The number of ether oxygens (including phenoxy) is 2. The van der Waals surface area contributed by atoms with Gasteiger partial charge in [0.05, 0.1) is 7.11 Å². The summed E-state index contributed by atoms with van der Waals surface area (Å²) in [5.74, 6) is 2.58. The van der Waals surface area contributed by atoms with E-state index in [1.807, 2.05) is 24.3 Å². The Balaban J connectivity index is 1.24. The molecular weight excluding hydrogens is 366 g/mol. The molecule has 4 aliphatic carbocycles. The van der Waals surface area contributed by atoms with Crippen molar-refractivity contribution in [3.05, 3.63) is 35.9 Å². The van der Waals surface area contributed by atoms with Gasteiger partial charge < -0.3 is 14.8 Å². The quantitative estimate of drug-likeness (QED) is 0.558. The summed E-state index contributed by atoms with van der Waals surface area (Å²) in [6.45, 7) is 1.90. The lowest BCUT2D eigenvalue weighted by Crippen LogP contribution is -2.56. The zero-order chi connectivity index (χ0) is 20.4. The van der Waals surface area contributed by atoms with E-state index in [0.29, 0.717) is 0 Å². The summed E-state index contributed by atoms with van der Waals surface area (Å²) in [7, 11) is 1.61. The van der Waals surface area contributed by atoms with Gasteiger partial charge in [-0.05, 0) is 92.4 Å². The van der Waals surface area contributed by atoms with Gasteiger partial charge >= 0.3 is 5.97 Å². The van der Waals surface area contributed by atoms with E-state index in [-0.39, 0.29) is 24.0 Å². The lowest BCUT2D eigenvalue weighted by Gasteiger charge is -2.59. The van der Waals surface area contributed by atoms with Gasteiger partial charge in [0.1, 0.15) is 5.75 Å². The van der Waals surface area contributed by atoms with Gasteiger partial charge in [-0.1, -0.05) is 12.1 Å². The van der Waals surface area contributed by atoms with Crippen LogP contribution in [0.5, 0.6) is 5.75 Å². The summed E-state index contributed by atoms with van der Waals surface area (Å²) in [6.07, 6.45) is 10.9. The predicted octanol–water partition coefficient (Wildman–Crippen LogP) is 3.97. The number of benzene rings is 1. The van der Waals surface area contributed by atoms with E-state index in [9.17, 15) is 9.59 Å². The Labute approximate surface area is 172 Å². The Morgan fingerprint density at radius 1 is 1.10 bits per heavy atom. The summed E-state index contributed by atoms with van der Waals surface area (Å²) in [6, 6.07) is 7.48. The molecule has 0 heterocycles. The van der Waals surface area contributed by atoms with E-state index in [4.69, 9.17) is 9.47 Å². The first-order chi connectivity index (χ1) is 14.0. The molecule has 0 aromatic heterocycles. The molecule has 0 aliphatic heterocycles. The van der Waals surface area contributed by atoms with Gasteiger partial charge in [-0.15, -0.1) is 0 Å². The van der Waals surface area contributed by atoms with Gasteiger partial charge in [0, 0.05) is 12.1 Å². The molecule has 4 fully saturated rings. The first kappa shape index (κ1) is 20.0. The summed E-state index contributed by atoms with van der Waals surface area (Å²) >= 11 is 0. The van der Waals surface area contributed by atoms with Crippen molar-refractivity contribution in [3.8, 4) is 5.75 Å². The van der Waals surface area contributed by atoms with Crippen molar-refractivity contribution < 1.29 is 19.1 Å². The van der Waals surface area contributed by atoms with Gasteiger partial charge in [-0.25, -0.2) is 4.79 Å². The van der Waals surface area contributed by atoms with Crippen LogP contribution < -0.4 is 10.1 Å². The molecule has 1 N–H and O–H groups in total. The Hall–Kier alpha value is -2.30. The number of esters is 1. The molecule has 1 atom stereocenters. The molecule has 156 valence electrons. The summed E-state index contributed by atoms with van der Waals surface area (Å²) in [5, 5.41) is 3.12. The number of rotatable bonds is 7. The molecule has 4 bridgehead atoms. The van der Waals surface area contributed by atoms with Crippen molar-refractivity contribution in [2.75, 3.05) is 13.7 Å². The first-order valence-electron chi connectivity index (χ1n) is 10.7. The minimum Gasteiger partial charge on any atom is -0.497 e. The molecule has 0 radical (unpaired) electrons. The molecule has 0 saturated heterocycles. The summed E-state index contributed by atoms with van der Waals surface area (Å²) in [5.41, 5.74) is 1.12. The lowest BCUT2D eigenvalue weighted by molar-refractivity contribution is -0.145. The number of hydrogen-bond acceptors (Lipinski definition) is 4. The molecule has 1 aromatic carbocycles. The second kappa shape index (κ2) is 8.21. The van der Waals surface area contributed by atoms with Crippen molar-refractivity contribution in [1.29, 1.82) is 0 Å². The predicted molar refractivity (Wildman–Crippen MR) is 111 cm³/mol. The van der Waals surface area contributed by atoms with E-state index in [2.05, 4.69) is 12.2 Å². The Morgan fingerprint density at radius 2 is 1.69 bits per heavy atom. The van der Waals surface area contributed by atoms with Crippen LogP contribution in [0.25, 0.3) is 6.08 Å². The summed E-state index contributed by atoms with van der Waals surface area (Å²) < 4.78 is 10.2. The molecule has 1 aromatic rings. The van der Waals surface area contributed by atoms with Crippen LogP contribution in [-0.2, 0) is 14.3 Å². The normalized spacial score (nSPS) is 30.9. The van der Waals surface area contributed by atoms with Crippen molar-refractivity contribution in [2.24, 2.45) is 23.2 Å². The highest BCUT2D eigenvalue weighted by Gasteiger charge is 2.53. The third kappa shape index (κ3) is 4.49. The molecule has 4 saturated carbocycles. The van der Waals surface area contributed by atoms with E-state index in [1.165, 1.54) is 44.6 Å². The number of nitrogens with one attached hydrogen (secondary N) is 1. The average Bonchev–Trinajstić information content (AvgIpc) is 2.70. The number of amides is 1. The maximum atomic E-state index is 12.4. The molecule has 5 nitrogen and oxygen atoms in total. The number of carbonyl (C=O) groups is 2. The molecule has 0 spiro atoms. The third-order valence-corrected chi connectivity index (χ3v) is 7.25. The standard InChI is InChI=1S/C24H31NO4/c1-16(24-12-18-9-19(13-24)11-20(10-18)14-24)25-22(26)15-29-23(27)8-5-17-3-6-21(28-2)7-4-17/h3-8,16,18-20H,9-15H2,1-2H3,(H,25,26)/b8-5+/t16-,18?,19?,20?,24?/m0/s1. The maximum absolute atomic E-state index is 12.4. The van der Waals surface area contributed by atoms with Crippen molar-refractivity contribution in [3.63, 3.8) is 0 Å². The van der Waals surface area contributed by atoms with E-state index in [1.54, 1.807) is 13.2 Å². The molecule has 1 amide bonds. The second-order valence-electron chi connectivity index (χ2n) is 9.28. The molecule has 5 heteroatoms. The van der Waals surface area contributed by atoms with Crippen molar-refractivity contribution in [2.45, 2.75) is 51.5 Å².